The lowest BCUT2D eigenvalue weighted by Gasteiger charge is -2.45. The zero-order valence-corrected chi connectivity index (χ0v) is 14.3. The summed E-state index contributed by atoms with van der Waals surface area (Å²) in [7, 11) is -1.67. The van der Waals surface area contributed by atoms with Gasteiger partial charge in [-0.05, 0) is 42.7 Å². The molecule has 0 aromatic carbocycles. The average molecular weight is 355 g/mol. The van der Waals surface area contributed by atoms with E-state index in [9.17, 15) is 13.2 Å². The number of aromatic nitrogens is 1. The Bertz CT molecular complexity index is 749. The van der Waals surface area contributed by atoms with Crippen molar-refractivity contribution in [3.8, 4) is 5.88 Å². The van der Waals surface area contributed by atoms with E-state index in [-0.39, 0.29) is 34.3 Å². The third-order valence-electron chi connectivity index (χ3n) is 5.29. The summed E-state index contributed by atoms with van der Waals surface area (Å²) in [5, 5.41) is 3.47. The van der Waals surface area contributed by atoms with Crippen molar-refractivity contribution in [2.75, 3.05) is 20.2 Å². The molecule has 3 fully saturated rings. The summed E-state index contributed by atoms with van der Waals surface area (Å²) in [5.41, 5.74) is 0.0382. The molecule has 3 aliphatic rings. The molecule has 0 radical (unpaired) electrons. The van der Waals surface area contributed by atoms with Crippen LogP contribution < -0.4 is 9.46 Å². The van der Waals surface area contributed by atoms with Gasteiger partial charge in [0.05, 0.1) is 18.4 Å². The number of hydrogen-bond donors (Lipinski definition) is 1. The van der Waals surface area contributed by atoms with Crippen molar-refractivity contribution < 1.29 is 22.5 Å². The van der Waals surface area contributed by atoms with Crippen LogP contribution in [0, 0.1) is 5.41 Å². The first-order valence-corrected chi connectivity index (χ1v) is 9.77. The van der Waals surface area contributed by atoms with Crippen LogP contribution in [-0.4, -0.2) is 55.9 Å². The lowest BCUT2D eigenvalue weighted by Crippen LogP contribution is -2.52. The minimum absolute atomic E-state index is 0.0102. The van der Waals surface area contributed by atoms with Crippen LogP contribution in [0.25, 0.3) is 0 Å². The van der Waals surface area contributed by atoms with Gasteiger partial charge < -0.3 is 14.2 Å². The standard InChI is InChI=1S/C15H21N3O5S/c1-22-13-6-12(23-16-13)14(19)18-5-4-15(9-18)7-10(8-15)17-24(20,21)11-2-3-11/h6,10-11,17H,2-5,7-9H2,1H3. The molecule has 2 heterocycles. The lowest BCUT2D eigenvalue weighted by molar-refractivity contribution is 0.0652. The van der Waals surface area contributed by atoms with E-state index in [0.717, 1.165) is 32.1 Å². The summed E-state index contributed by atoms with van der Waals surface area (Å²) in [6.07, 6.45) is 4.03. The topological polar surface area (TPSA) is 102 Å². The van der Waals surface area contributed by atoms with Crippen molar-refractivity contribution in [3.63, 3.8) is 0 Å². The Labute approximate surface area is 140 Å². The SMILES string of the molecule is COc1cc(C(=O)N2CCC3(CC(NS(=O)(=O)C4CC4)C3)C2)on1. The molecule has 9 heteroatoms. The Morgan fingerprint density at radius 1 is 1.46 bits per heavy atom. The van der Waals surface area contributed by atoms with Crippen LogP contribution >= 0.6 is 0 Å². The number of nitrogens with zero attached hydrogens (tertiary/aromatic N) is 2. The quantitative estimate of drug-likeness (QED) is 0.837. The van der Waals surface area contributed by atoms with Gasteiger partial charge in [-0.2, -0.15) is 0 Å². The van der Waals surface area contributed by atoms with E-state index in [1.54, 1.807) is 4.90 Å². The van der Waals surface area contributed by atoms with Crippen LogP contribution in [0.2, 0.25) is 0 Å². The highest BCUT2D eigenvalue weighted by molar-refractivity contribution is 7.90. The number of carbonyl (C=O) groups is 1. The predicted molar refractivity (Wildman–Crippen MR) is 84.1 cm³/mol. The van der Waals surface area contributed by atoms with E-state index in [2.05, 4.69) is 9.88 Å². The summed E-state index contributed by atoms with van der Waals surface area (Å²) in [6.45, 7) is 1.29. The summed E-state index contributed by atoms with van der Waals surface area (Å²) in [6, 6.07) is 1.50. The fourth-order valence-electron chi connectivity index (χ4n) is 3.83. The van der Waals surface area contributed by atoms with Gasteiger partial charge >= 0.3 is 0 Å². The number of hydrogen-bond acceptors (Lipinski definition) is 6. The molecule has 24 heavy (non-hydrogen) atoms. The molecule has 4 rings (SSSR count). The Balaban J connectivity index is 1.33. The highest BCUT2D eigenvalue weighted by atomic mass is 32.2. The fraction of sp³-hybridized carbons (Fsp3) is 0.733. The Morgan fingerprint density at radius 3 is 2.83 bits per heavy atom. The summed E-state index contributed by atoms with van der Waals surface area (Å²) < 4.78 is 36.7. The number of ether oxygens (including phenoxy) is 1. The summed E-state index contributed by atoms with van der Waals surface area (Å²) in [4.78, 5) is 14.2. The van der Waals surface area contributed by atoms with Crippen LogP contribution in [0.15, 0.2) is 10.6 Å². The normalized spacial score (nSPS) is 29.7. The predicted octanol–water partition coefficient (Wildman–Crippen LogP) is 0.760. The minimum atomic E-state index is -3.13. The van der Waals surface area contributed by atoms with E-state index in [1.165, 1.54) is 13.2 Å². The van der Waals surface area contributed by atoms with Crippen molar-refractivity contribution >= 4 is 15.9 Å². The maximum absolute atomic E-state index is 12.4. The molecule has 1 amide bonds. The second-order valence-electron chi connectivity index (χ2n) is 7.18. The molecule has 1 N–H and O–H groups in total. The van der Waals surface area contributed by atoms with Gasteiger partial charge in [-0.3, -0.25) is 4.79 Å². The second kappa shape index (κ2) is 5.45. The van der Waals surface area contributed by atoms with E-state index in [4.69, 9.17) is 9.26 Å². The van der Waals surface area contributed by atoms with E-state index >= 15 is 0 Å². The fourth-order valence-corrected chi connectivity index (χ4v) is 5.41. The van der Waals surface area contributed by atoms with Gasteiger partial charge in [-0.15, -0.1) is 0 Å². The van der Waals surface area contributed by atoms with Crippen LogP contribution in [0.5, 0.6) is 5.88 Å². The third kappa shape index (κ3) is 2.79. The maximum Gasteiger partial charge on any atom is 0.292 e. The Morgan fingerprint density at radius 2 is 2.21 bits per heavy atom. The van der Waals surface area contributed by atoms with Crippen molar-refractivity contribution in [3.05, 3.63) is 11.8 Å². The summed E-state index contributed by atoms with van der Waals surface area (Å²) >= 11 is 0. The van der Waals surface area contributed by atoms with Crippen LogP contribution in [0.1, 0.15) is 42.7 Å². The Kier molecular flexibility index (Phi) is 3.61. The molecule has 2 aliphatic carbocycles. The van der Waals surface area contributed by atoms with E-state index < -0.39 is 10.0 Å². The van der Waals surface area contributed by atoms with Crippen molar-refractivity contribution in [2.45, 2.75) is 43.4 Å². The number of carbonyl (C=O) groups excluding carboxylic acids is 1. The number of rotatable bonds is 5. The molecular weight excluding hydrogens is 334 g/mol. The molecule has 0 atom stereocenters. The molecule has 132 valence electrons. The molecule has 1 spiro atoms. The first-order chi connectivity index (χ1) is 11.4. The first-order valence-electron chi connectivity index (χ1n) is 8.22. The third-order valence-corrected chi connectivity index (χ3v) is 7.30. The van der Waals surface area contributed by atoms with Gasteiger partial charge in [0.15, 0.2) is 0 Å². The second-order valence-corrected chi connectivity index (χ2v) is 9.17. The van der Waals surface area contributed by atoms with Crippen LogP contribution in [0.3, 0.4) is 0 Å². The van der Waals surface area contributed by atoms with E-state index in [0.29, 0.717) is 13.1 Å². The van der Waals surface area contributed by atoms with Gasteiger partial charge in [0.1, 0.15) is 0 Å². The molecule has 0 bridgehead atoms. The van der Waals surface area contributed by atoms with Gasteiger partial charge in [-0.25, -0.2) is 13.1 Å². The van der Waals surface area contributed by atoms with E-state index in [1.807, 2.05) is 0 Å². The number of sulfonamides is 1. The highest BCUT2D eigenvalue weighted by Crippen LogP contribution is 2.49. The van der Waals surface area contributed by atoms with Gasteiger partial charge in [-0.1, -0.05) is 0 Å². The highest BCUT2D eigenvalue weighted by Gasteiger charge is 2.51. The molecular formula is C15H21N3O5S. The molecule has 1 saturated heterocycles. The van der Waals surface area contributed by atoms with Crippen molar-refractivity contribution in [2.24, 2.45) is 5.41 Å². The summed E-state index contributed by atoms with van der Waals surface area (Å²) in [5.74, 6) is 0.268. The zero-order chi connectivity index (χ0) is 16.9. The zero-order valence-electron chi connectivity index (χ0n) is 13.5. The lowest BCUT2D eigenvalue weighted by atomic mass is 9.65. The number of likely N-dealkylation sites (tertiary alicyclic amines) is 1. The number of methoxy groups -OCH3 is 1. The first kappa shape index (κ1) is 15.9. The molecule has 1 aromatic rings. The molecule has 1 aromatic heterocycles. The average Bonchev–Trinajstić information content (AvgIpc) is 3.12. The van der Waals surface area contributed by atoms with Crippen LogP contribution in [-0.2, 0) is 10.0 Å². The molecule has 0 unspecified atom stereocenters. The smallest absolute Gasteiger partial charge is 0.292 e. The minimum Gasteiger partial charge on any atom is -0.479 e. The molecule has 1 aliphatic heterocycles. The number of amides is 1. The van der Waals surface area contributed by atoms with Gasteiger partial charge in [0, 0.05) is 19.1 Å². The largest absolute Gasteiger partial charge is 0.479 e. The van der Waals surface area contributed by atoms with Gasteiger partial charge in [0.2, 0.25) is 15.8 Å². The Hall–Kier alpha value is -1.61. The van der Waals surface area contributed by atoms with Gasteiger partial charge in [0.25, 0.3) is 11.8 Å². The molecule has 2 saturated carbocycles. The number of nitrogens with one attached hydrogen (secondary N) is 1. The van der Waals surface area contributed by atoms with Crippen molar-refractivity contribution in [1.29, 1.82) is 0 Å². The molecule has 8 nitrogen and oxygen atoms in total. The maximum atomic E-state index is 12.4. The van der Waals surface area contributed by atoms with Crippen LogP contribution in [0.4, 0.5) is 0 Å². The van der Waals surface area contributed by atoms with Crippen molar-refractivity contribution in [1.82, 2.24) is 14.8 Å². The monoisotopic (exact) mass is 355 g/mol.